The number of aliphatic carboxylic acids is 1. The Hall–Kier alpha value is -4.15. The number of anilines is 1. The van der Waals surface area contributed by atoms with Crippen molar-refractivity contribution in [3.05, 3.63) is 64.1 Å². The molecule has 0 bridgehead atoms. The summed E-state index contributed by atoms with van der Waals surface area (Å²) < 4.78 is 22.1. The zero-order valence-corrected chi connectivity index (χ0v) is 20.9. The number of rotatable bonds is 7. The number of aromatic nitrogens is 1. The van der Waals surface area contributed by atoms with Crippen LogP contribution in [0.25, 0.3) is 10.9 Å². The molecule has 2 amide bonds. The zero-order chi connectivity index (χ0) is 26.9. The van der Waals surface area contributed by atoms with Gasteiger partial charge in [-0.3, -0.25) is 14.4 Å². The highest BCUT2D eigenvalue weighted by Crippen LogP contribution is 2.27. The van der Waals surface area contributed by atoms with Gasteiger partial charge >= 0.3 is 5.97 Å². The van der Waals surface area contributed by atoms with Crippen LogP contribution < -0.4 is 15.6 Å². The molecule has 0 spiro atoms. The normalized spacial score (nSPS) is 14.7. The lowest BCUT2D eigenvalue weighted by molar-refractivity contribution is -0.140. The van der Waals surface area contributed by atoms with E-state index in [-0.39, 0.29) is 22.6 Å². The van der Waals surface area contributed by atoms with Gasteiger partial charge < -0.3 is 29.2 Å². The largest absolute Gasteiger partial charge is 0.480 e. The number of furan rings is 1. The molecule has 0 unspecified atom stereocenters. The Bertz CT molecular complexity index is 1390. The number of nitrogens with one attached hydrogen (secondary N) is 1. The minimum Gasteiger partial charge on any atom is -0.480 e. The number of hydrogen-bond donors (Lipinski definition) is 2. The number of fused-ring (bicyclic) bond motifs is 1. The molecule has 1 atom stereocenters. The van der Waals surface area contributed by atoms with Crippen molar-refractivity contribution in [2.75, 3.05) is 31.1 Å². The quantitative estimate of drug-likeness (QED) is 0.498. The van der Waals surface area contributed by atoms with Gasteiger partial charge in [0, 0.05) is 44.3 Å². The van der Waals surface area contributed by atoms with Crippen molar-refractivity contribution in [3.8, 4) is 0 Å². The van der Waals surface area contributed by atoms with Gasteiger partial charge in [0.1, 0.15) is 17.4 Å². The molecule has 2 N–H and O–H groups in total. The Balaban J connectivity index is 1.62. The van der Waals surface area contributed by atoms with E-state index in [0.29, 0.717) is 43.9 Å². The Morgan fingerprint density at radius 2 is 1.86 bits per heavy atom. The number of carbonyl (C=O) groups is 3. The third-order valence-electron chi connectivity index (χ3n) is 6.59. The average Bonchev–Trinajstić information content (AvgIpc) is 3.42. The first-order valence-electron chi connectivity index (χ1n) is 12.1. The molecule has 0 saturated carbocycles. The molecule has 1 aliphatic rings. The molecular weight excluding hydrogens is 483 g/mol. The molecule has 0 radical (unpaired) electrons. The monoisotopic (exact) mass is 512 g/mol. The van der Waals surface area contributed by atoms with E-state index in [1.165, 1.54) is 12.5 Å². The maximum absolute atomic E-state index is 15.3. The maximum Gasteiger partial charge on any atom is 0.326 e. The number of carboxylic acids is 1. The van der Waals surface area contributed by atoms with Crippen LogP contribution in [0, 0.1) is 11.7 Å². The smallest absolute Gasteiger partial charge is 0.326 e. The van der Waals surface area contributed by atoms with E-state index < -0.39 is 35.1 Å². The van der Waals surface area contributed by atoms with Crippen LogP contribution in [-0.4, -0.2) is 64.6 Å². The summed E-state index contributed by atoms with van der Waals surface area (Å²) in [5.41, 5.74) is -0.182. The third kappa shape index (κ3) is 5.07. The van der Waals surface area contributed by atoms with E-state index in [9.17, 15) is 24.3 Å². The predicted octanol–water partition coefficient (Wildman–Crippen LogP) is 2.55. The molecule has 1 fully saturated rings. The van der Waals surface area contributed by atoms with Crippen LogP contribution in [0.2, 0.25) is 0 Å². The summed E-state index contributed by atoms with van der Waals surface area (Å²) in [5.74, 6) is -3.03. The number of carbonyl (C=O) groups excluding carboxylic acids is 2. The third-order valence-corrected chi connectivity index (χ3v) is 6.59. The lowest BCUT2D eigenvalue weighted by Gasteiger charge is -2.36. The molecule has 196 valence electrons. The van der Waals surface area contributed by atoms with Gasteiger partial charge in [-0.2, -0.15) is 0 Å². The molecule has 3 aromatic rings. The summed E-state index contributed by atoms with van der Waals surface area (Å²) in [5, 5.41) is 11.8. The van der Waals surface area contributed by atoms with Crippen molar-refractivity contribution in [2.45, 2.75) is 33.4 Å². The first-order chi connectivity index (χ1) is 17.6. The SMILES string of the molecule is CCn1cc(C(=O)N[C@H](C(=O)O)C(C)C)c(=O)c2cc(F)c(N3CCN(C(=O)c4ccco4)CC3)cc21. The standard InChI is InChI=1S/C26H29FN4O6/c1-4-29-14-17(24(33)28-22(15(2)3)26(35)36)23(32)16-12-18(27)20(13-19(16)29)30-7-9-31(10-8-30)25(34)21-6-5-11-37-21/h5-6,11-15,22H,4,7-10H2,1-3H3,(H,28,33)(H,35,36)/t22-/m0/s1. The zero-order valence-electron chi connectivity index (χ0n) is 20.9. The van der Waals surface area contributed by atoms with Gasteiger partial charge in [0.25, 0.3) is 11.8 Å². The second-order valence-corrected chi connectivity index (χ2v) is 9.27. The number of amides is 2. The molecule has 3 heterocycles. The second-order valence-electron chi connectivity index (χ2n) is 9.27. The number of nitrogens with zero attached hydrogens (tertiary/aromatic N) is 3. The van der Waals surface area contributed by atoms with Crippen molar-refractivity contribution in [3.63, 3.8) is 0 Å². The van der Waals surface area contributed by atoms with Crippen LogP contribution in [0.5, 0.6) is 0 Å². The summed E-state index contributed by atoms with van der Waals surface area (Å²) in [4.78, 5) is 53.5. The van der Waals surface area contributed by atoms with E-state index in [1.54, 1.807) is 41.5 Å². The number of piperazine rings is 1. The number of hydrogen-bond acceptors (Lipinski definition) is 6. The molecule has 4 rings (SSSR count). The fourth-order valence-corrected chi connectivity index (χ4v) is 4.50. The van der Waals surface area contributed by atoms with Crippen molar-refractivity contribution >= 4 is 34.4 Å². The van der Waals surface area contributed by atoms with Gasteiger partial charge in [-0.25, -0.2) is 9.18 Å². The van der Waals surface area contributed by atoms with Crippen LogP contribution in [0.15, 0.2) is 45.9 Å². The molecular formula is C26H29FN4O6. The summed E-state index contributed by atoms with van der Waals surface area (Å²) in [6.07, 6.45) is 2.81. The minimum absolute atomic E-state index is 0.0267. The summed E-state index contributed by atoms with van der Waals surface area (Å²) in [6.45, 7) is 7.02. The van der Waals surface area contributed by atoms with Crippen molar-refractivity contribution < 1.29 is 28.3 Å². The molecule has 1 aliphatic heterocycles. The first-order valence-corrected chi connectivity index (χ1v) is 12.1. The first kappa shape index (κ1) is 25.9. The van der Waals surface area contributed by atoms with Gasteiger partial charge in [-0.15, -0.1) is 0 Å². The molecule has 2 aromatic heterocycles. The van der Waals surface area contributed by atoms with E-state index in [2.05, 4.69) is 5.32 Å². The topological polar surface area (TPSA) is 125 Å². The van der Waals surface area contributed by atoms with Crippen LogP contribution in [0.4, 0.5) is 10.1 Å². The lowest BCUT2D eigenvalue weighted by atomic mass is 10.0. The van der Waals surface area contributed by atoms with Crippen LogP contribution in [0.1, 0.15) is 41.7 Å². The van der Waals surface area contributed by atoms with Crippen molar-refractivity contribution in [1.29, 1.82) is 0 Å². The van der Waals surface area contributed by atoms with Gasteiger partial charge in [-0.1, -0.05) is 13.8 Å². The molecule has 1 aromatic carbocycles. The molecule has 37 heavy (non-hydrogen) atoms. The molecule has 10 nitrogen and oxygen atoms in total. The minimum atomic E-state index is -1.21. The molecule has 11 heteroatoms. The van der Waals surface area contributed by atoms with Crippen LogP contribution in [0.3, 0.4) is 0 Å². The van der Waals surface area contributed by atoms with E-state index in [4.69, 9.17) is 4.42 Å². The number of pyridine rings is 1. The highest BCUT2D eigenvalue weighted by atomic mass is 19.1. The van der Waals surface area contributed by atoms with Crippen molar-refractivity contribution in [1.82, 2.24) is 14.8 Å². The van der Waals surface area contributed by atoms with Gasteiger partial charge in [0.2, 0.25) is 5.43 Å². The number of carboxylic acid groups (broad SMARTS) is 1. The number of aryl methyl sites for hydroxylation is 1. The Morgan fingerprint density at radius 1 is 1.16 bits per heavy atom. The lowest BCUT2D eigenvalue weighted by Crippen LogP contribution is -2.49. The van der Waals surface area contributed by atoms with Gasteiger partial charge in [0.05, 0.1) is 17.5 Å². The Labute approximate surface area is 212 Å². The Kier molecular flexibility index (Phi) is 7.33. The van der Waals surface area contributed by atoms with E-state index in [1.807, 2.05) is 11.8 Å². The van der Waals surface area contributed by atoms with Crippen LogP contribution >= 0.6 is 0 Å². The highest BCUT2D eigenvalue weighted by molar-refractivity contribution is 5.99. The number of halogens is 1. The number of benzene rings is 1. The molecule has 1 saturated heterocycles. The second kappa shape index (κ2) is 10.5. The highest BCUT2D eigenvalue weighted by Gasteiger charge is 2.28. The van der Waals surface area contributed by atoms with Gasteiger partial charge in [0.15, 0.2) is 5.76 Å². The van der Waals surface area contributed by atoms with Gasteiger partial charge in [-0.05, 0) is 37.1 Å². The summed E-state index contributed by atoms with van der Waals surface area (Å²) in [6, 6.07) is 4.77. The average molecular weight is 513 g/mol. The maximum atomic E-state index is 15.3. The van der Waals surface area contributed by atoms with E-state index >= 15 is 4.39 Å². The predicted molar refractivity (Wildman–Crippen MR) is 134 cm³/mol. The fraction of sp³-hybridized carbons (Fsp3) is 0.385. The summed E-state index contributed by atoms with van der Waals surface area (Å²) in [7, 11) is 0. The van der Waals surface area contributed by atoms with Crippen molar-refractivity contribution in [2.24, 2.45) is 5.92 Å². The Morgan fingerprint density at radius 3 is 2.43 bits per heavy atom. The van der Waals surface area contributed by atoms with E-state index in [0.717, 1.165) is 6.07 Å². The summed E-state index contributed by atoms with van der Waals surface area (Å²) >= 11 is 0. The van der Waals surface area contributed by atoms with Crippen LogP contribution in [-0.2, 0) is 11.3 Å². The fourth-order valence-electron chi connectivity index (χ4n) is 4.50. The molecule has 0 aliphatic carbocycles.